The van der Waals surface area contributed by atoms with E-state index in [0.29, 0.717) is 23.9 Å². The second-order valence-corrected chi connectivity index (χ2v) is 10.8. The van der Waals surface area contributed by atoms with Gasteiger partial charge >= 0.3 is 0 Å². The molecule has 1 amide bonds. The molecule has 2 spiro atoms. The third-order valence-corrected chi connectivity index (χ3v) is 7.65. The van der Waals surface area contributed by atoms with Crippen molar-refractivity contribution < 1.29 is 22.4 Å². The van der Waals surface area contributed by atoms with E-state index in [1.165, 1.54) is 25.0 Å². The van der Waals surface area contributed by atoms with Crippen molar-refractivity contribution in [2.24, 2.45) is 5.41 Å². The molecule has 8 heteroatoms. The number of hydrogen-bond acceptors (Lipinski definition) is 5. The van der Waals surface area contributed by atoms with Gasteiger partial charge in [-0.1, -0.05) is 0 Å². The molecule has 2 saturated carbocycles. The largest absolute Gasteiger partial charge is 0.448 e. The Kier molecular flexibility index (Phi) is 4.16. The maximum Gasteiger partial charge on any atom is 0.294 e. The molecule has 1 aromatic carbocycles. The Bertz CT molecular complexity index is 1140. The third-order valence-electron chi connectivity index (χ3n) is 7.05. The van der Waals surface area contributed by atoms with E-state index in [-0.39, 0.29) is 22.8 Å². The minimum atomic E-state index is -3.40. The van der Waals surface area contributed by atoms with Crippen molar-refractivity contribution in [1.82, 2.24) is 0 Å². The molecule has 7 nitrogen and oxygen atoms in total. The van der Waals surface area contributed by atoms with Crippen molar-refractivity contribution in [3.63, 3.8) is 0 Å². The molecule has 158 valence electrons. The van der Waals surface area contributed by atoms with Crippen LogP contribution in [0.1, 0.15) is 65.2 Å². The number of rotatable bonds is 4. The van der Waals surface area contributed by atoms with Gasteiger partial charge in [-0.2, -0.15) is 0 Å². The highest BCUT2D eigenvalue weighted by Crippen LogP contribution is 2.62. The van der Waals surface area contributed by atoms with Crippen LogP contribution in [0.15, 0.2) is 34.7 Å². The smallest absolute Gasteiger partial charge is 0.294 e. The van der Waals surface area contributed by atoms with Crippen LogP contribution < -0.4 is 9.62 Å². The van der Waals surface area contributed by atoms with E-state index >= 15 is 0 Å². The van der Waals surface area contributed by atoms with Crippen molar-refractivity contribution in [2.75, 3.05) is 22.4 Å². The highest BCUT2D eigenvalue weighted by Gasteiger charge is 2.53. The molecule has 1 aliphatic heterocycles. The normalized spacial score (nSPS) is 20.9. The number of nitrogens with zero attached hydrogens (tertiary/aromatic N) is 1. The summed E-state index contributed by atoms with van der Waals surface area (Å²) in [6, 6.07) is 8.39. The third kappa shape index (κ3) is 3.23. The van der Waals surface area contributed by atoms with Crippen molar-refractivity contribution >= 4 is 33.6 Å². The van der Waals surface area contributed by atoms with Gasteiger partial charge in [0.15, 0.2) is 17.8 Å². The van der Waals surface area contributed by atoms with Gasteiger partial charge in [-0.15, -0.1) is 0 Å². The molecule has 30 heavy (non-hydrogen) atoms. The van der Waals surface area contributed by atoms with Gasteiger partial charge in [0.25, 0.3) is 5.91 Å². The van der Waals surface area contributed by atoms with Gasteiger partial charge in [-0.3, -0.25) is 14.3 Å². The zero-order valence-electron chi connectivity index (χ0n) is 16.8. The van der Waals surface area contributed by atoms with Crippen LogP contribution in [-0.2, 0) is 15.4 Å². The highest BCUT2D eigenvalue weighted by molar-refractivity contribution is 7.92. The Morgan fingerprint density at radius 1 is 1.10 bits per heavy atom. The summed E-state index contributed by atoms with van der Waals surface area (Å²) in [7, 11) is -3.40. The summed E-state index contributed by atoms with van der Waals surface area (Å²) in [5.74, 6) is -0.0295. The van der Waals surface area contributed by atoms with Gasteiger partial charge in [0.05, 0.1) is 6.26 Å². The molecule has 2 heterocycles. The molecular weight excluding hydrogens is 404 g/mol. The molecule has 0 saturated heterocycles. The summed E-state index contributed by atoms with van der Waals surface area (Å²) in [5.41, 5.74) is 2.62. The van der Waals surface area contributed by atoms with Crippen molar-refractivity contribution in [3.8, 4) is 0 Å². The van der Waals surface area contributed by atoms with Crippen molar-refractivity contribution in [3.05, 3.63) is 47.4 Å². The fourth-order valence-corrected chi connectivity index (χ4v) is 5.71. The fraction of sp³-hybridized carbons (Fsp3) is 0.455. The van der Waals surface area contributed by atoms with Gasteiger partial charge in [-0.25, -0.2) is 8.42 Å². The monoisotopic (exact) mass is 428 g/mol. The van der Waals surface area contributed by atoms with Gasteiger partial charge in [0, 0.05) is 23.3 Å². The number of amides is 1. The number of anilines is 2. The molecule has 2 aliphatic carbocycles. The highest BCUT2D eigenvalue weighted by atomic mass is 32.2. The van der Waals surface area contributed by atoms with Crippen LogP contribution in [0.2, 0.25) is 0 Å². The second kappa shape index (κ2) is 6.44. The molecule has 1 N–H and O–H groups in total. The first-order valence-corrected chi connectivity index (χ1v) is 12.1. The maximum absolute atomic E-state index is 13.2. The number of furan rings is 1. The number of fused-ring (bicyclic) bond motifs is 2. The van der Waals surface area contributed by atoms with Gasteiger partial charge in [0.2, 0.25) is 10.0 Å². The Morgan fingerprint density at radius 2 is 1.80 bits per heavy atom. The SMILES string of the molecule is CS(=O)(=O)Nc1ccc2c(c1)C1(CCC3(CC3)CC1)CN2C(=O)c1ccc(C=O)o1. The van der Waals surface area contributed by atoms with Crippen LogP contribution in [0.4, 0.5) is 11.4 Å². The van der Waals surface area contributed by atoms with E-state index in [1.54, 1.807) is 17.0 Å². The van der Waals surface area contributed by atoms with E-state index in [9.17, 15) is 18.0 Å². The summed E-state index contributed by atoms with van der Waals surface area (Å²) in [6.07, 6.45) is 8.50. The minimum absolute atomic E-state index is 0.119. The Morgan fingerprint density at radius 3 is 2.40 bits per heavy atom. The predicted molar refractivity (Wildman–Crippen MR) is 112 cm³/mol. The standard InChI is InChI=1S/C22H24N2O5S/c1-30(27,28)23-15-2-4-18-17(12-15)22(10-8-21(6-7-21)9-11-22)14-24(18)20(26)19-5-3-16(13-25)29-19/h2-5,12-13,23H,6-11,14H2,1H3. The lowest BCUT2D eigenvalue weighted by molar-refractivity contribution is 0.0950. The topological polar surface area (TPSA) is 96.7 Å². The number of carbonyl (C=O) groups excluding carboxylic acids is 2. The van der Waals surface area contributed by atoms with Crippen LogP contribution in [0.5, 0.6) is 0 Å². The first kappa shape index (κ1) is 19.4. The summed E-state index contributed by atoms with van der Waals surface area (Å²) >= 11 is 0. The summed E-state index contributed by atoms with van der Waals surface area (Å²) in [5, 5.41) is 0. The lowest BCUT2D eigenvalue weighted by Crippen LogP contribution is -2.39. The zero-order chi connectivity index (χ0) is 21.1. The maximum atomic E-state index is 13.2. The molecule has 2 fully saturated rings. The molecule has 3 aliphatic rings. The van der Waals surface area contributed by atoms with Gasteiger partial charge in [-0.05, 0) is 79.8 Å². The van der Waals surface area contributed by atoms with E-state index in [2.05, 4.69) is 4.72 Å². The predicted octanol–water partition coefficient (Wildman–Crippen LogP) is 3.72. The summed E-state index contributed by atoms with van der Waals surface area (Å²) < 4.78 is 31.4. The van der Waals surface area contributed by atoms with E-state index in [0.717, 1.165) is 43.2 Å². The fourth-order valence-electron chi connectivity index (χ4n) is 5.16. The van der Waals surface area contributed by atoms with Crippen molar-refractivity contribution in [1.29, 1.82) is 0 Å². The average Bonchev–Trinajstić information content (AvgIpc) is 3.17. The lowest BCUT2D eigenvalue weighted by Gasteiger charge is -2.38. The van der Waals surface area contributed by atoms with Crippen LogP contribution >= 0.6 is 0 Å². The number of carbonyl (C=O) groups is 2. The Balaban J connectivity index is 1.53. The van der Waals surface area contributed by atoms with Crippen LogP contribution in [0.3, 0.4) is 0 Å². The second-order valence-electron chi connectivity index (χ2n) is 9.10. The first-order valence-electron chi connectivity index (χ1n) is 10.2. The Hall–Kier alpha value is -2.61. The molecule has 2 aromatic rings. The van der Waals surface area contributed by atoms with Crippen molar-refractivity contribution in [2.45, 2.75) is 43.9 Å². The molecule has 0 atom stereocenters. The number of nitrogens with one attached hydrogen (secondary N) is 1. The summed E-state index contributed by atoms with van der Waals surface area (Å²) in [4.78, 5) is 25.9. The van der Waals surface area contributed by atoms with Gasteiger partial charge < -0.3 is 9.32 Å². The number of sulfonamides is 1. The molecule has 5 rings (SSSR count). The van der Waals surface area contributed by atoms with E-state index < -0.39 is 10.0 Å². The van der Waals surface area contributed by atoms with Crippen LogP contribution in [0, 0.1) is 5.41 Å². The molecular formula is C22H24N2O5S. The molecule has 0 radical (unpaired) electrons. The molecule has 1 aromatic heterocycles. The molecule has 0 bridgehead atoms. The Labute approximate surface area is 175 Å². The quantitative estimate of drug-likeness (QED) is 0.749. The van der Waals surface area contributed by atoms with Crippen LogP contribution in [-0.4, -0.2) is 33.4 Å². The van der Waals surface area contributed by atoms with Crippen LogP contribution in [0.25, 0.3) is 0 Å². The zero-order valence-corrected chi connectivity index (χ0v) is 17.6. The van der Waals surface area contributed by atoms with E-state index in [1.807, 2.05) is 6.07 Å². The molecule has 0 unspecified atom stereocenters. The summed E-state index contributed by atoms with van der Waals surface area (Å²) in [6.45, 7) is 0.538. The van der Waals surface area contributed by atoms with Gasteiger partial charge in [0.1, 0.15) is 0 Å². The number of benzene rings is 1. The number of hydrogen-bond donors (Lipinski definition) is 1. The average molecular weight is 429 g/mol. The first-order chi connectivity index (χ1) is 14.2. The number of aldehydes is 1. The lowest BCUT2D eigenvalue weighted by atomic mass is 9.66. The van der Waals surface area contributed by atoms with E-state index in [4.69, 9.17) is 4.42 Å². The minimum Gasteiger partial charge on any atom is -0.448 e.